The second kappa shape index (κ2) is 3.66. The zero-order valence-electron chi connectivity index (χ0n) is 8.85. The zero-order valence-corrected chi connectivity index (χ0v) is 9.66. The van der Waals surface area contributed by atoms with Crippen molar-refractivity contribution in [3.63, 3.8) is 0 Å². The lowest BCUT2D eigenvalue weighted by molar-refractivity contribution is 0.315. The number of rotatable bonds is 3. The van der Waals surface area contributed by atoms with Gasteiger partial charge in [0.15, 0.2) is 4.77 Å². The van der Waals surface area contributed by atoms with Crippen LogP contribution in [-0.4, -0.2) is 9.55 Å². The quantitative estimate of drug-likeness (QED) is 0.738. The SMILES string of the molecule is CCCC(C)(C)n1c(C)c[nH]c1=S. The zero-order chi connectivity index (χ0) is 10.1. The Labute approximate surface area is 85.0 Å². The summed E-state index contributed by atoms with van der Waals surface area (Å²) in [4.78, 5) is 3.08. The fourth-order valence-electron chi connectivity index (χ4n) is 1.93. The van der Waals surface area contributed by atoms with E-state index in [2.05, 4.69) is 37.2 Å². The monoisotopic (exact) mass is 198 g/mol. The number of aryl methyl sites for hydroxylation is 1. The molecule has 0 spiro atoms. The van der Waals surface area contributed by atoms with E-state index in [0.717, 1.165) is 11.2 Å². The summed E-state index contributed by atoms with van der Waals surface area (Å²) in [5.74, 6) is 0. The Morgan fingerprint density at radius 2 is 2.15 bits per heavy atom. The fraction of sp³-hybridized carbons (Fsp3) is 0.700. The third-order valence-corrected chi connectivity index (χ3v) is 2.73. The molecule has 13 heavy (non-hydrogen) atoms. The van der Waals surface area contributed by atoms with Crippen LogP contribution >= 0.6 is 12.2 Å². The van der Waals surface area contributed by atoms with Crippen molar-refractivity contribution in [3.8, 4) is 0 Å². The molecule has 0 saturated carbocycles. The summed E-state index contributed by atoms with van der Waals surface area (Å²) in [5, 5.41) is 0. The first kappa shape index (κ1) is 10.5. The van der Waals surface area contributed by atoms with Gasteiger partial charge in [0.1, 0.15) is 0 Å². The number of aromatic nitrogens is 2. The van der Waals surface area contributed by atoms with Crippen LogP contribution in [0.15, 0.2) is 6.20 Å². The molecule has 0 aliphatic carbocycles. The number of nitrogens with one attached hydrogen (secondary N) is 1. The number of aromatic amines is 1. The van der Waals surface area contributed by atoms with Crippen LogP contribution in [-0.2, 0) is 5.54 Å². The van der Waals surface area contributed by atoms with Crippen molar-refractivity contribution in [2.45, 2.75) is 46.1 Å². The van der Waals surface area contributed by atoms with Gasteiger partial charge in [0.25, 0.3) is 0 Å². The molecule has 1 N–H and O–H groups in total. The van der Waals surface area contributed by atoms with Gasteiger partial charge in [-0.15, -0.1) is 0 Å². The van der Waals surface area contributed by atoms with Crippen molar-refractivity contribution in [1.82, 2.24) is 9.55 Å². The predicted octanol–water partition coefficient (Wildman–Crippen LogP) is 3.39. The Kier molecular flexibility index (Phi) is 2.96. The highest BCUT2D eigenvalue weighted by molar-refractivity contribution is 7.71. The molecule has 0 bridgehead atoms. The van der Waals surface area contributed by atoms with Crippen LogP contribution in [0.1, 0.15) is 39.3 Å². The van der Waals surface area contributed by atoms with Crippen LogP contribution in [0.5, 0.6) is 0 Å². The first-order valence-corrected chi connectivity index (χ1v) is 5.17. The molecule has 3 heteroatoms. The van der Waals surface area contributed by atoms with E-state index in [0.29, 0.717) is 0 Å². The molecule has 0 amide bonds. The maximum absolute atomic E-state index is 5.24. The minimum Gasteiger partial charge on any atom is -0.337 e. The number of nitrogens with zero attached hydrogens (tertiary/aromatic N) is 1. The van der Waals surface area contributed by atoms with Gasteiger partial charge >= 0.3 is 0 Å². The van der Waals surface area contributed by atoms with Crippen LogP contribution in [0.4, 0.5) is 0 Å². The smallest absolute Gasteiger partial charge is 0.177 e. The van der Waals surface area contributed by atoms with Crippen LogP contribution in [0.2, 0.25) is 0 Å². The largest absolute Gasteiger partial charge is 0.337 e. The minimum atomic E-state index is 0.135. The van der Waals surface area contributed by atoms with E-state index in [-0.39, 0.29) is 5.54 Å². The van der Waals surface area contributed by atoms with Gasteiger partial charge < -0.3 is 9.55 Å². The molecule has 1 heterocycles. The molecule has 1 aromatic rings. The molecule has 2 nitrogen and oxygen atoms in total. The van der Waals surface area contributed by atoms with Gasteiger partial charge in [0.2, 0.25) is 0 Å². The van der Waals surface area contributed by atoms with E-state index in [4.69, 9.17) is 12.2 Å². The second-order valence-electron chi connectivity index (χ2n) is 4.13. The van der Waals surface area contributed by atoms with E-state index in [1.54, 1.807) is 0 Å². The van der Waals surface area contributed by atoms with E-state index < -0.39 is 0 Å². The van der Waals surface area contributed by atoms with Gasteiger partial charge in [-0.3, -0.25) is 0 Å². The molecule has 1 rings (SSSR count). The number of H-pyrrole nitrogens is 1. The molecular formula is C10H18N2S. The van der Waals surface area contributed by atoms with Crippen molar-refractivity contribution in [3.05, 3.63) is 16.7 Å². The molecule has 74 valence electrons. The third-order valence-electron chi connectivity index (χ3n) is 2.43. The summed E-state index contributed by atoms with van der Waals surface area (Å²) in [6.45, 7) is 8.75. The predicted molar refractivity (Wildman–Crippen MR) is 58.6 cm³/mol. The Balaban J connectivity index is 3.12. The van der Waals surface area contributed by atoms with E-state index in [9.17, 15) is 0 Å². The molecule has 0 atom stereocenters. The van der Waals surface area contributed by atoms with Crippen LogP contribution in [0.25, 0.3) is 0 Å². The standard InChI is InChI=1S/C10H18N2S/c1-5-6-10(3,4)12-8(2)7-11-9(12)13/h7H,5-6H2,1-4H3,(H,11,13). The van der Waals surface area contributed by atoms with Crippen molar-refractivity contribution in [2.24, 2.45) is 0 Å². The van der Waals surface area contributed by atoms with E-state index >= 15 is 0 Å². The third kappa shape index (κ3) is 2.02. The highest BCUT2D eigenvalue weighted by atomic mass is 32.1. The molecule has 0 aliphatic heterocycles. The van der Waals surface area contributed by atoms with Gasteiger partial charge in [-0.25, -0.2) is 0 Å². The van der Waals surface area contributed by atoms with Gasteiger partial charge in [-0.1, -0.05) is 13.3 Å². The molecule has 0 unspecified atom stereocenters. The molecular weight excluding hydrogens is 180 g/mol. The lowest BCUT2D eigenvalue weighted by Gasteiger charge is -2.27. The lowest BCUT2D eigenvalue weighted by Crippen LogP contribution is -2.27. The maximum atomic E-state index is 5.24. The van der Waals surface area contributed by atoms with E-state index in [1.807, 2.05) is 6.20 Å². The lowest BCUT2D eigenvalue weighted by atomic mass is 9.98. The number of hydrogen-bond donors (Lipinski definition) is 1. The minimum absolute atomic E-state index is 0.135. The van der Waals surface area contributed by atoms with E-state index in [1.165, 1.54) is 12.1 Å². The first-order valence-electron chi connectivity index (χ1n) is 4.76. The highest BCUT2D eigenvalue weighted by Gasteiger charge is 2.20. The Bertz CT molecular complexity index is 333. The second-order valence-corrected chi connectivity index (χ2v) is 4.52. The Hall–Kier alpha value is -0.570. The molecule has 0 radical (unpaired) electrons. The molecule has 0 aromatic carbocycles. The molecule has 0 aliphatic rings. The average Bonchev–Trinajstić information content (AvgIpc) is 2.31. The van der Waals surface area contributed by atoms with Crippen molar-refractivity contribution in [2.75, 3.05) is 0 Å². The number of imidazole rings is 1. The maximum Gasteiger partial charge on any atom is 0.177 e. The van der Waals surface area contributed by atoms with Gasteiger partial charge in [0.05, 0.1) is 0 Å². The summed E-state index contributed by atoms with van der Waals surface area (Å²) in [7, 11) is 0. The van der Waals surface area contributed by atoms with Crippen LogP contribution in [0, 0.1) is 11.7 Å². The molecule has 1 aromatic heterocycles. The number of hydrogen-bond acceptors (Lipinski definition) is 1. The average molecular weight is 198 g/mol. The van der Waals surface area contributed by atoms with Crippen molar-refractivity contribution >= 4 is 12.2 Å². The van der Waals surface area contributed by atoms with Crippen molar-refractivity contribution < 1.29 is 0 Å². The molecule has 0 fully saturated rings. The van der Waals surface area contributed by atoms with Crippen molar-refractivity contribution in [1.29, 1.82) is 0 Å². The normalized spacial score (nSPS) is 12.0. The molecule has 0 saturated heterocycles. The van der Waals surface area contributed by atoms with Gasteiger partial charge in [-0.05, 0) is 39.4 Å². The Morgan fingerprint density at radius 1 is 1.54 bits per heavy atom. The van der Waals surface area contributed by atoms with Gasteiger partial charge in [0, 0.05) is 17.4 Å². The van der Waals surface area contributed by atoms with Crippen LogP contribution < -0.4 is 0 Å². The highest BCUT2D eigenvalue weighted by Crippen LogP contribution is 2.23. The Morgan fingerprint density at radius 3 is 2.54 bits per heavy atom. The summed E-state index contributed by atoms with van der Waals surface area (Å²) in [6.07, 6.45) is 4.30. The van der Waals surface area contributed by atoms with Gasteiger partial charge in [-0.2, -0.15) is 0 Å². The first-order chi connectivity index (χ1) is 5.99. The summed E-state index contributed by atoms with van der Waals surface area (Å²) < 4.78 is 3.03. The fourth-order valence-corrected chi connectivity index (χ4v) is 2.38. The summed E-state index contributed by atoms with van der Waals surface area (Å²) >= 11 is 5.24. The van der Waals surface area contributed by atoms with Crippen LogP contribution in [0.3, 0.4) is 0 Å². The summed E-state index contributed by atoms with van der Waals surface area (Å²) in [6, 6.07) is 0. The summed E-state index contributed by atoms with van der Waals surface area (Å²) in [5.41, 5.74) is 1.35. The topological polar surface area (TPSA) is 20.7 Å².